The van der Waals surface area contributed by atoms with E-state index in [0.717, 1.165) is 5.56 Å². The summed E-state index contributed by atoms with van der Waals surface area (Å²) in [5.41, 5.74) is 0.767. The summed E-state index contributed by atoms with van der Waals surface area (Å²) in [6.07, 6.45) is 0. The Bertz CT molecular complexity index is 433. The first-order valence-electron chi connectivity index (χ1n) is 3.79. The van der Waals surface area contributed by atoms with E-state index in [9.17, 15) is 8.42 Å². The van der Waals surface area contributed by atoms with Gasteiger partial charge in [0.1, 0.15) is 0 Å². The van der Waals surface area contributed by atoms with E-state index >= 15 is 0 Å². The highest BCUT2D eigenvalue weighted by Gasteiger charge is 2.15. The molecule has 0 bridgehead atoms. The minimum atomic E-state index is -3.42. The summed E-state index contributed by atoms with van der Waals surface area (Å²) in [5, 5.41) is 0. The molecule has 0 aliphatic carbocycles. The molecule has 0 radical (unpaired) electrons. The maximum absolute atomic E-state index is 11.5. The van der Waals surface area contributed by atoms with Crippen LogP contribution in [0.2, 0.25) is 0 Å². The fourth-order valence-corrected chi connectivity index (χ4v) is 2.85. The molecule has 1 rings (SSSR count). The first kappa shape index (κ1) is 12.0. The lowest BCUT2D eigenvalue weighted by Gasteiger charge is -2.06. The summed E-state index contributed by atoms with van der Waals surface area (Å²) < 4.78 is 25.8. The second-order valence-corrected chi connectivity index (χ2v) is 5.58. The topological polar surface area (TPSA) is 46.2 Å². The van der Waals surface area contributed by atoms with Crippen LogP contribution in [0.4, 0.5) is 0 Å². The second kappa shape index (κ2) is 4.61. The Labute approximate surface area is 96.6 Å². The molecule has 0 atom stereocenters. The van der Waals surface area contributed by atoms with Crippen LogP contribution in [0.1, 0.15) is 5.56 Å². The number of alkyl halides is 1. The third-order valence-corrected chi connectivity index (χ3v) is 4.42. The van der Waals surface area contributed by atoms with Gasteiger partial charge in [0.2, 0.25) is 10.0 Å². The molecule has 0 aliphatic heterocycles. The van der Waals surface area contributed by atoms with Gasteiger partial charge in [-0.25, -0.2) is 13.1 Å². The normalized spacial score (nSPS) is 11.6. The maximum atomic E-state index is 11.5. The lowest BCUT2D eigenvalue weighted by Crippen LogP contribution is -2.19. The molecule has 0 fully saturated rings. The average Bonchev–Trinajstić information content (AvgIpc) is 2.18. The number of hydrogen-bond acceptors (Lipinski definition) is 2. The zero-order valence-electron chi connectivity index (χ0n) is 7.42. The largest absolute Gasteiger partial charge is 0.241 e. The van der Waals surface area contributed by atoms with E-state index in [2.05, 4.69) is 20.7 Å². The molecule has 0 aliphatic rings. The van der Waals surface area contributed by atoms with Crippen molar-refractivity contribution in [1.82, 2.24) is 4.72 Å². The van der Waals surface area contributed by atoms with Crippen molar-refractivity contribution in [3.63, 3.8) is 0 Å². The number of rotatable bonds is 3. The Morgan fingerprint density at radius 2 is 2.14 bits per heavy atom. The summed E-state index contributed by atoms with van der Waals surface area (Å²) in [6, 6.07) is 4.98. The smallest absolute Gasteiger partial charge is 0.214 e. The molecule has 1 aromatic carbocycles. The summed E-state index contributed by atoms with van der Waals surface area (Å²) in [7, 11) is -2.05. The van der Waals surface area contributed by atoms with E-state index in [0.29, 0.717) is 10.4 Å². The molecular weight excluding hydrogens is 290 g/mol. The predicted octanol–water partition coefficient (Wildman–Crippen LogP) is 2.10. The molecule has 0 spiro atoms. The molecule has 6 heteroatoms. The van der Waals surface area contributed by atoms with E-state index in [1.807, 2.05) is 0 Å². The van der Waals surface area contributed by atoms with Crippen molar-refractivity contribution in [1.29, 1.82) is 0 Å². The molecule has 3 nitrogen and oxygen atoms in total. The van der Waals surface area contributed by atoms with Crippen molar-refractivity contribution in [2.24, 2.45) is 0 Å². The zero-order valence-corrected chi connectivity index (χ0v) is 10.6. The molecule has 0 saturated heterocycles. The molecule has 0 unspecified atom stereocenters. The third kappa shape index (κ3) is 2.48. The van der Waals surface area contributed by atoms with E-state index in [1.54, 1.807) is 18.2 Å². The van der Waals surface area contributed by atoms with Gasteiger partial charge >= 0.3 is 0 Å². The lowest BCUT2D eigenvalue weighted by atomic mass is 10.2. The number of hydrogen-bond donors (Lipinski definition) is 1. The van der Waals surface area contributed by atoms with Crippen LogP contribution in [-0.4, -0.2) is 15.5 Å². The molecule has 1 aromatic rings. The quantitative estimate of drug-likeness (QED) is 0.869. The number of benzene rings is 1. The van der Waals surface area contributed by atoms with Crippen LogP contribution in [0.5, 0.6) is 0 Å². The van der Waals surface area contributed by atoms with Gasteiger partial charge in [-0.05, 0) is 40.7 Å². The molecule has 0 heterocycles. The van der Waals surface area contributed by atoms with Crippen LogP contribution in [0.15, 0.2) is 27.6 Å². The number of halogens is 2. The maximum Gasteiger partial charge on any atom is 0.241 e. The Morgan fingerprint density at radius 3 is 2.64 bits per heavy atom. The van der Waals surface area contributed by atoms with Crippen LogP contribution in [0.3, 0.4) is 0 Å². The van der Waals surface area contributed by atoms with Crippen LogP contribution < -0.4 is 4.72 Å². The number of nitrogens with one attached hydrogen (secondary N) is 1. The van der Waals surface area contributed by atoms with Crippen molar-refractivity contribution in [3.8, 4) is 0 Å². The van der Waals surface area contributed by atoms with Gasteiger partial charge in [0.05, 0.1) is 4.90 Å². The van der Waals surface area contributed by atoms with Gasteiger partial charge < -0.3 is 0 Å². The highest BCUT2D eigenvalue weighted by Crippen LogP contribution is 2.23. The lowest BCUT2D eigenvalue weighted by molar-refractivity contribution is 0.587. The van der Waals surface area contributed by atoms with E-state index in [1.165, 1.54) is 7.05 Å². The molecule has 78 valence electrons. The monoisotopic (exact) mass is 297 g/mol. The van der Waals surface area contributed by atoms with Gasteiger partial charge in [0.15, 0.2) is 0 Å². The molecule has 14 heavy (non-hydrogen) atoms. The summed E-state index contributed by atoms with van der Waals surface area (Å²) in [4.78, 5) is 0.207. The standard InChI is InChI=1S/C8H9BrClNO2S/c1-11-14(12,13)8-4-6(5-10)2-3-7(8)9/h2-4,11H,5H2,1H3. The van der Waals surface area contributed by atoms with Crippen molar-refractivity contribution < 1.29 is 8.42 Å². The Balaban J connectivity index is 3.33. The predicted molar refractivity (Wildman–Crippen MR) is 59.9 cm³/mol. The number of sulfonamides is 1. The minimum absolute atomic E-state index is 0.207. The fraction of sp³-hybridized carbons (Fsp3) is 0.250. The van der Waals surface area contributed by atoms with Crippen LogP contribution in [-0.2, 0) is 15.9 Å². The molecule has 0 saturated carbocycles. The Hall–Kier alpha value is -0.100. The Kier molecular flexibility index (Phi) is 3.94. The van der Waals surface area contributed by atoms with Crippen molar-refractivity contribution in [3.05, 3.63) is 28.2 Å². The SMILES string of the molecule is CNS(=O)(=O)c1cc(CCl)ccc1Br. The molecule has 0 amide bonds. The summed E-state index contributed by atoms with van der Waals surface area (Å²) in [6.45, 7) is 0. The zero-order chi connectivity index (χ0) is 10.8. The van der Waals surface area contributed by atoms with Gasteiger partial charge in [-0.3, -0.25) is 0 Å². The Morgan fingerprint density at radius 1 is 1.50 bits per heavy atom. The molecule has 1 N–H and O–H groups in total. The highest BCUT2D eigenvalue weighted by molar-refractivity contribution is 9.10. The highest BCUT2D eigenvalue weighted by atomic mass is 79.9. The first-order chi connectivity index (χ1) is 6.51. The van der Waals surface area contributed by atoms with Crippen LogP contribution >= 0.6 is 27.5 Å². The summed E-state index contributed by atoms with van der Waals surface area (Å²) in [5.74, 6) is 0.291. The van der Waals surface area contributed by atoms with E-state index < -0.39 is 10.0 Å². The fourth-order valence-electron chi connectivity index (χ4n) is 0.947. The van der Waals surface area contributed by atoms with Gasteiger partial charge in [-0.1, -0.05) is 6.07 Å². The van der Waals surface area contributed by atoms with Crippen molar-refractivity contribution in [2.45, 2.75) is 10.8 Å². The molecule has 0 aromatic heterocycles. The first-order valence-corrected chi connectivity index (χ1v) is 6.60. The average molecular weight is 299 g/mol. The van der Waals surface area contributed by atoms with Crippen molar-refractivity contribution >= 4 is 37.6 Å². The minimum Gasteiger partial charge on any atom is -0.214 e. The van der Waals surface area contributed by atoms with E-state index in [-0.39, 0.29) is 4.90 Å². The second-order valence-electron chi connectivity index (χ2n) is 2.61. The van der Waals surface area contributed by atoms with Gasteiger partial charge in [-0.2, -0.15) is 0 Å². The summed E-state index contributed by atoms with van der Waals surface area (Å²) >= 11 is 8.79. The van der Waals surface area contributed by atoms with Gasteiger partial charge in [0, 0.05) is 10.4 Å². The molecular formula is C8H9BrClNO2S. The van der Waals surface area contributed by atoms with Crippen LogP contribution in [0, 0.1) is 0 Å². The van der Waals surface area contributed by atoms with Gasteiger partial charge in [-0.15, -0.1) is 11.6 Å². The van der Waals surface area contributed by atoms with Crippen LogP contribution in [0.25, 0.3) is 0 Å². The van der Waals surface area contributed by atoms with E-state index in [4.69, 9.17) is 11.6 Å². The third-order valence-electron chi connectivity index (χ3n) is 1.71. The van der Waals surface area contributed by atoms with Crippen molar-refractivity contribution in [2.75, 3.05) is 7.05 Å². The van der Waals surface area contributed by atoms with Gasteiger partial charge in [0.25, 0.3) is 0 Å².